The molecule has 0 radical (unpaired) electrons. The van der Waals surface area contributed by atoms with Gasteiger partial charge in [0.2, 0.25) is 0 Å². The maximum atomic E-state index is 12.0. The van der Waals surface area contributed by atoms with Gasteiger partial charge in [0.25, 0.3) is 5.56 Å². The smallest absolute Gasteiger partial charge is 0.272 e. The standard InChI is InChI=1S/C20H22N4O/c21-17-13-14(9-10-18(17)24-11-5-1-2-6-12-24)19-15-7-3-4-8-16(15)20(25)23-22-19/h3-4,7-10,13H,1-2,5-6,11-12,21H2,(H,23,25). The molecule has 0 aliphatic carbocycles. The van der Waals surface area contributed by atoms with E-state index >= 15 is 0 Å². The molecule has 128 valence electrons. The third kappa shape index (κ3) is 2.97. The molecule has 2 aromatic carbocycles. The Morgan fingerprint density at radius 1 is 0.960 bits per heavy atom. The van der Waals surface area contributed by atoms with Gasteiger partial charge in [0.05, 0.1) is 22.5 Å². The first-order valence-electron chi connectivity index (χ1n) is 8.86. The van der Waals surface area contributed by atoms with E-state index in [2.05, 4.69) is 21.2 Å². The number of nitrogen functional groups attached to an aromatic ring is 1. The lowest BCUT2D eigenvalue weighted by Gasteiger charge is -2.24. The topological polar surface area (TPSA) is 75.0 Å². The Bertz CT molecular complexity index is 955. The first-order valence-corrected chi connectivity index (χ1v) is 8.86. The third-order valence-electron chi connectivity index (χ3n) is 4.94. The van der Waals surface area contributed by atoms with Crippen LogP contribution in [0.4, 0.5) is 11.4 Å². The predicted molar refractivity (Wildman–Crippen MR) is 103 cm³/mol. The van der Waals surface area contributed by atoms with E-state index in [0.29, 0.717) is 5.39 Å². The molecule has 2 heterocycles. The van der Waals surface area contributed by atoms with Gasteiger partial charge in [-0.25, -0.2) is 5.10 Å². The van der Waals surface area contributed by atoms with E-state index in [-0.39, 0.29) is 5.56 Å². The SMILES string of the molecule is Nc1cc(-c2n[nH]c(=O)c3ccccc23)ccc1N1CCCCCC1. The van der Waals surface area contributed by atoms with E-state index in [0.717, 1.165) is 41.1 Å². The van der Waals surface area contributed by atoms with E-state index in [1.807, 2.05) is 36.4 Å². The van der Waals surface area contributed by atoms with E-state index in [1.165, 1.54) is 25.7 Å². The maximum Gasteiger partial charge on any atom is 0.272 e. The summed E-state index contributed by atoms with van der Waals surface area (Å²) >= 11 is 0. The molecule has 25 heavy (non-hydrogen) atoms. The van der Waals surface area contributed by atoms with Crippen LogP contribution in [0.3, 0.4) is 0 Å². The van der Waals surface area contributed by atoms with Crippen LogP contribution in [0.15, 0.2) is 47.3 Å². The quantitative estimate of drug-likeness (QED) is 0.703. The zero-order chi connectivity index (χ0) is 17.2. The second-order valence-corrected chi connectivity index (χ2v) is 6.62. The molecule has 0 spiro atoms. The van der Waals surface area contributed by atoms with Crippen molar-refractivity contribution in [2.24, 2.45) is 0 Å². The predicted octanol–water partition coefficient (Wildman–Crippen LogP) is 3.55. The van der Waals surface area contributed by atoms with Crippen LogP contribution in [0, 0.1) is 0 Å². The van der Waals surface area contributed by atoms with Crippen molar-refractivity contribution in [1.29, 1.82) is 0 Å². The van der Waals surface area contributed by atoms with Crippen molar-refractivity contribution in [2.45, 2.75) is 25.7 Å². The van der Waals surface area contributed by atoms with Gasteiger partial charge >= 0.3 is 0 Å². The largest absolute Gasteiger partial charge is 0.397 e. The Balaban J connectivity index is 1.76. The molecule has 4 rings (SSSR count). The number of anilines is 2. The summed E-state index contributed by atoms with van der Waals surface area (Å²) in [6.07, 6.45) is 5.02. The molecular weight excluding hydrogens is 312 g/mol. The number of fused-ring (bicyclic) bond motifs is 1. The Hall–Kier alpha value is -2.82. The van der Waals surface area contributed by atoms with Gasteiger partial charge in [-0.05, 0) is 31.0 Å². The lowest BCUT2D eigenvalue weighted by atomic mass is 10.0. The van der Waals surface area contributed by atoms with Gasteiger partial charge in [-0.3, -0.25) is 4.79 Å². The van der Waals surface area contributed by atoms with Crippen LogP contribution >= 0.6 is 0 Å². The average molecular weight is 334 g/mol. The van der Waals surface area contributed by atoms with Crippen molar-refractivity contribution >= 4 is 22.1 Å². The number of benzene rings is 2. The number of aromatic nitrogens is 2. The highest BCUT2D eigenvalue weighted by Crippen LogP contribution is 2.32. The number of nitrogens with one attached hydrogen (secondary N) is 1. The minimum atomic E-state index is -0.173. The number of nitrogens with zero attached hydrogens (tertiary/aromatic N) is 2. The number of nitrogens with two attached hydrogens (primary N) is 1. The van der Waals surface area contributed by atoms with Crippen molar-refractivity contribution in [3.05, 3.63) is 52.8 Å². The summed E-state index contributed by atoms with van der Waals surface area (Å²) in [4.78, 5) is 14.4. The Kier molecular flexibility index (Phi) is 4.14. The molecular formula is C20H22N4O. The second-order valence-electron chi connectivity index (χ2n) is 6.62. The van der Waals surface area contributed by atoms with Crippen molar-refractivity contribution in [1.82, 2.24) is 10.2 Å². The van der Waals surface area contributed by atoms with Crippen LogP contribution in [0.5, 0.6) is 0 Å². The van der Waals surface area contributed by atoms with E-state index < -0.39 is 0 Å². The molecule has 0 atom stereocenters. The number of hydrogen-bond donors (Lipinski definition) is 2. The highest BCUT2D eigenvalue weighted by atomic mass is 16.1. The summed E-state index contributed by atoms with van der Waals surface area (Å²) in [6.45, 7) is 2.12. The zero-order valence-corrected chi connectivity index (χ0v) is 14.2. The Morgan fingerprint density at radius 3 is 2.40 bits per heavy atom. The van der Waals surface area contributed by atoms with Gasteiger partial charge in [-0.15, -0.1) is 0 Å². The van der Waals surface area contributed by atoms with E-state index in [1.54, 1.807) is 0 Å². The minimum absolute atomic E-state index is 0.173. The van der Waals surface area contributed by atoms with Crippen molar-refractivity contribution in [3.8, 4) is 11.3 Å². The van der Waals surface area contributed by atoms with Gasteiger partial charge in [0.15, 0.2) is 0 Å². The lowest BCUT2D eigenvalue weighted by molar-refractivity contribution is 0.726. The first kappa shape index (κ1) is 15.7. The Morgan fingerprint density at radius 2 is 1.68 bits per heavy atom. The average Bonchev–Trinajstić information content (AvgIpc) is 2.91. The number of aromatic amines is 1. The molecule has 1 saturated heterocycles. The van der Waals surface area contributed by atoms with Crippen LogP contribution in [0.1, 0.15) is 25.7 Å². The summed E-state index contributed by atoms with van der Waals surface area (Å²) < 4.78 is 0. The number of hydrogen-bond acceptors (Lipinski definition) is 4. The van der Waals surface area contributed by atoms with Crippen molar-refractivity contribution in [3.63, 3.8) is 0 Å². The molecule has 5 nitrogen and oxygen atoms in total. The van der Waals surface area contributed by atoms with Gasteiger partial charge in [0, 0.05) is 24.0 Å². The highest BCUT2D eigenvalue weighted by molar-refractivity contribution is 5.94. The zero-order valence-electron chi connectivity index (χ0n) is 14.2. The van der Waals surface area contributed by atoms with Gasteiger partial charge in [0.1, 0.15) is 0 Å². The molecule has 1 aromatic heterocycles. The lowest BCUT2D eigenvalue weighted by Crippen LogP contribution is -2.24. The fraction of sp³-hybridized carbons (Fsp3) is 0.300. The molecule has 3 aromatic rings. The summed E-state index contributed by atoms with van der Waals surface area (Å²) in [5, 5.41) is 8.34. The van der Waals surface area contributed by atoms with E-state index in [9.17, 15) is 4.79 Å². The van der Waals surface area contributed by atoms with Crippen LogP contribution in [0.25, 0.3) is 22.0 Å². The highest BCUT2D eigenvalue weighted by Gasteiger charge is 2.15. The fourth-order valence-corrected chi connectivity index (χ4v) is 3.64. The molecule has 0 saturated carbocycles. The molecule has 5 heteroatoms. The summed E-state index contributed by atoms with van der Waals surface area (Å²) in [7, 11) is 0. The normalized spacial score (nSPS) is 15.3. The summed E-state index contributed by atoms with van der Waals surface area (Å²) in [5.74, 6) is 0. The maximum absolute atomic E-state index is 12.0. The number of H-pyrrole nitrogens is 1. The van der Waals surface area contributed by atoms with Crippen LogP contribution in [0.2, 0.25) is 0 Å². The number of rotatable bonds is 2. The van der Waals surface area contributed by atoms with Crippen LogP contribution < -0.4 is 16.2 Å². The van der Waals surface area contributed by atoms with Crippen LogP contribution in [-0.4, -0.2) is 23.3 Å². The molecule has 1 aliphatic rings. The third-order valence-corrected chi connectivity index (χ3v) is 4.94. The first-order chi connectivity index (χ1) is 12.2. The molecule has 0 amide bonds. The molecule has 1 fully saturated rings. The summed E-state index contributed by atoms with van der Waals surface area (Å²) in [5.41, 5.74) is 9.73. The molecule has 3 N–H and O–H groups in total. The molecule has 0 unspecified atom stereocenters. The van der Waals surface area contributed by atoms with Crippen molar-refractivity contribution in [2.75, 3.05) is 23.7 Å². The minimum Gasteiger partial charge on any atom is -0.397 e. The fourth-order valence-electron chi connectivity index (χ4n) is 3.64. The van der Waals surface area contributed by atoms with E-state index in [4.69, 9.17) is 5.73 Å². The summed E-state index contributed by atoms with van der Waals surface area (Å²) in [6, 6.07) is 13.6. The van der Waals surface area contributed by atoms with Gasteiger partial charge in [-0.2, -0.15) is 5.10 Å². The monoisotopic (exact) mass is 334 g/mol. The van der Waals surface area contributed by atoms with Crippen LogP contribution in [-0.2, 0) is 0 Å². The second kappa shape index (κ2) is 6.59. The van der Waals surface area contributed by atoms with Crippen molar-refractivity contribution < 1.29 is 0 Å². The molecule has 1 aliphatic heterocycles. The Labute approximate surface area is 146 Å². The van der Waals surface area contributed by atoms with Gasteiger partial charge in [-0.1, -0.05) is 37.1 Å². The van der Waals surface area contributed by atoms with Gasteiger partial charge < -0.3 is 10.6 Å². The molecule has 0 bridgehead atoms.